The summed E-state index contributed by atoms with van der Waals surface area (Å²) in [5.74, 6) is 1.51. The minimum Gasteiger partial charge on any atom is -0.497 e. The standard InChI is InChI=1S/C23H30N2O6S/c1-16(18-5-10-21(30-3)22(15-18)31-4)24-23(26)17-11-13-25(14-12-17)32(27,28)20-8-6-19(29-2)7-9-20/h5-10,15-17H,11-14H2,1-4H3,(H,24,26)/t16-/m0/s1. The summed E-state index contributed by atoms with van der Waals surface area (Å²) >= 11 is 0. The molecule has 1 amide bonds. The van der Waals surface area contributed by atoms with Gasteiger partial charge in [0.1, 0.15) is 5.75 Å². The van der Waals surface area contributed by atoms with Gasteiger partial charge in [-0.1, -0.05) is 6.07 Å². The fourth-order valence-corrected chi connectivity index (χ4v) is 5.26. The predicted octanol–water partition coefficient (Wildman–Crippen LogP) is 2.99. The van der Waals surface area contributed by atoms with Gasteiger partial charge in [-0.25, -0.2) is 8.42 Å². The number of piperidine rings is 1. The molecule has 0 aromatic heterocycles. The van der Waals surface area contributed by atoms with Crippen LogP contribution in [-0.4, -0.2) is 53.0 Å². The molecule has 9 heteroatoms. The van der Waals surface area contributed by atoms with Crippen molar-refractivity contribution in [1.82, 2.24) is 9.62 Å². The number of carbonyl (C=O) groups is 1. The van der Waals surface area contributed by atoms with Gasteiger partial charge in [-0.2, -0.15) is 4.31 Å². The Morgan fingerprint density at radius 3 is 2.16 bits per heavy atom. The van der Waals surface area contributed by atoms with Gasteiger partial charge in [0.05, 0.1) is 32.3 Å². The van der Waals surface area contributed by atoms with Crippen LogP contribution < -0.4 is 19.5 Å². The summed E-state index contributed by atoms with van der Waals surface area (Å²) in [5.41, 5.74) is 0.899. The van der Waals surface area contributed by atoms with E-state index in [2.05, 4.69) is 5.32 Å². The largest absolute Gasteiger partial charge is 0.497 e. The molecule has 1 N–H and O–H groups in total. The maximum atomic E-state index is 12.9. The molecule has 2 aromatic rings. The zero-order valence-electron chi connectivity index (χ0n) is 18.8. The average Bonchev–Trinajstić information content (AvgIpc) is 2.83. The Hall–Kier alpha value is -2.78. The summed E-state index contributed by atoms with van der Waals surface area (Å²) < 4.78 is 42.9. The van der Waals surface area contributed by atoms with Gasteiger partial charge in [0.25, 0.3) is 0 Å². The van der Waals surface area contributed by atoms with Crippen LogP contribution in [0.4, 0.5) is 0 Å². The maximum Gasteiger partial charge on any atom is 0.243 e. The molecular formula is C23H30N2O6S. The molecule has 1 aliphatic heterocycles. The number of hydrogen-bond donors (Lipinski definition) is 1. The molecule has 0 bridgehead atoms. The van der Waals surface area contributed by atoms with Crippen molar-refractivity contribution in [3.63, 3.8) is 0 Å². The highest BCUT2D eigenvalue weighted by Crippen LogP contribution is 2.30. The molecule has 32 heavy (non-hydrogen) atoms. The van der Waals surface area contributed by atoms with Crippen molar-refractivity contribution in [3.8, 4) is 17.2 Å². The molecule has 0 aliphatic carbocycles. The molecule has 3 rings (SSSR count). The second-order valence-electron chi connectivity index (χ2n) is 7.70. The summed E-state index contributed by atoms with van der Waals surface area (Å²) in [5, 5.41) is 3.04. The lowest BCUT2D eigenvalue weighted by Gasteiger charge is -2.31. The monoisotopic (exact) mass is 462 g/mol. The van der Waals surface area contributed by atoms with Gasteiger partial charge in [-0.15, -0.1) is 0 Å². The second kappa shape index (κ2) is 10.2. The molecule has 0 unspecified atom stereocenters. The Kier molecular flexibility index (Phi) is 7.63. The number of hydrogen-bond acceptors (Lipinski definition) is 6. The summed E-state index contributed by atoms with van der Waals surface area (Å²) in [6.07, 6.45) is 0.944. The summed E-state index contributed by atoms with van der Waals surface area (Å²) in [7, 11) is 1.08. The minimum atomic E-state index is -3.60. The zero-order valence-corrected chi connectivity index (χ0v) is 19.6. The third kappa shape index (κ3) is 5.16. The molecule has 1 heterocycles. The van der Waals surface area contributed by atoms with Crippen molar-refractivity contribution >= 4 is 15.9 Å². The van der Waals surface area contributed by atoms with E-state index in [1.54, 1.807) is 32.4 Å². The van der Waals surface area contributed by atoms with Crippen molar-refractivity contribution in [3.05, 3.63) is 48.0 Å². The van der Waals surface area contributed by atoms with Crippen LogP contribution in [0.3, 0.4) is 0 Å². The van der Waals surface area contributed by atoms with Crippen molar-refractivity contribution in [2.45, 2.75) is 30.7 Å². The lowest BCUT2D eigenvalue weighted by Crippen LogP contribution is -2.43. The first-order valence-electron chi connectivity index (χ1n) is 10.5. The first-order valence-corrected chi connectivity index (χ1v) is 11.9. The normalized spacial score (nSPS) is 16.2. The summed E-state index contributed by atoms with van der Waals surface area (Å²) in [6.45, 7) is 2.51. The topological polar surface area (TPSA) is 94.2 Å². The molecule has 1 aliphatic rings. The number of methoxy groups -OCH3 is 3. The van der Waals surface area contributed by atoms with E-state index in [0.29, 0.717) is 43.2 Å². The van der Waals surface area contributed by atoms with E-state index in [1.165, 1.54) is 23.5 Å². The molecule has 174 valence electrons. The van der Waals surface area contributed by atoms with Gasteiger partial charge >= 0.3 is 0 Å². The van der Waals surface area contributed by atoms with Crippen LogP contribution in [0.1, 0.15) is 31.4 Å². The highest BCUT2D eigenvalue weighted by atomic mass is 32.2. The van der Waals surface area contributed by atoms with Crippen molar-refractivity contribution in [2.75, 3.05) is 34.4 Å². The third-order valence-corrected chi connectivity index (χ3v) is 7.70. The van der Waals surface area contributed by atoms with E-state index in [1.807, 2.05) is 19.1 Å². The second-order valence-corrected chi connectivity index (χ2v) is 9.64. The molecule has 1 fully saturated rings. The number of ether oxygens (including phenoxy) is 3. The van der Waals surface area contributed by atoms with E-state index < -0.39 is 10.0 Å². The van der Waals surface area contributed by atoms with Gasteiger partial charge < -0.3 is 19.5 Å². The number of amides is 1. The number of benzene rings is 2. The van der Waals surface area contributed by atoms with Crippen LogP contribution >= 0.6 is 0 Å². The molecule has 8 nitrogen and oxygen atoms in total. The SMILES string of the molecule is COc1ccc(S(=O)(=O)N2CCC(C(=O)N[C@@H](C)c3ccc(OC)c(OC)c3)CC2)cc1. The van der Waals surface area contributed by atoms with Gasteiger partial charge in [0, 0.05) is 19.0 Å². The highest BCUT2D eigenvalue weighted by molar-refractivity contribution is 7.89. The maximum absolute atomic E-state index is 12.9. The lowest BCUT2D eigenvalue weighted by atomic mass is 9.96. The van der Waals surface area contributed by atoms with Gasteiger partial charge in [0.15, 0.2) is 11.5 Å². The van der Waals surface area contributed by atoms with E-state index >= 15 is 0 Å². The smallest absolute Gasteiger partial charge is 0.243 e. The van der Waals surface area contributed by atoms with Crippen LogP contribution in [0.15, 0.2) is 47.4 Å². The predicted molar refractivity (Wildman–Crippen MR) is 121 cm³/mol. The molecule has 1 atom stereocenters. The number of sulfonamides is 1. The van der Waals surface area contributed by atoms with Crippen LogP contribution in [0.25, 0.3) is 0 Å². The van der Waals surface area contributed by atoms with Crippen molar-refractivity contribution < 1.29 is 27.4 Å². The third-order valence-electron chi connectivity index (χ3n) is 5.79. The molecule has 1 saturated heterocycles. The summed E-state index contributed by atoms with van der Waals surface area (Å²) in [4.78, 5) is 13.0. The fraction of sp³-hybridized carbons (Fsp3) is 0.435. The van der Waals surface area contributed by atoms with Gasteiger partial charge in [0.2, 0.25) is 15.9 Å². The van der Waals surface area contributed by atoms with E-state index in [9.17, 15) is 13.2 Å². The lowest BCUT2D eigenvalue weighted by molar-refractivity contribution is -0.126. The first-order chi connectivity index (χ1) is 15.3. The van der Waals surface area contributed by atoms with Crippen LogP contribution in [0.2, 0.25) is 0 Å². The van der Waals surface area contributed by atoms with Gasteiger partial charge in [-0.3, -0.25) is 4.79 Å². The van der Waals surface area contributed by atoms with Crippen LogP contribution in [0.5, 0.6) is 17.2 Å². The summed E-state index contributed by atoms with van der Waals surface area (Å²) in [6, 6.07) is 11.6. The highest BCUT2D eigenvalue weighted by Gasteiger charge is 2.32. The van der Waals surface area contributed by atoms with Crippen molar-refractivity contribution in [1.29, 1.82) is 0 Å². The molecule has 0 saturated carbocycles. The van der Waals surface area contributed by atoms with E-state index in [0.717, 1.165) is 5.56 Å². The van der Waals surface area contributed by atoms with E-state index in [-0.39, 0.29) is 22.8 Å². The molecule has 0 radical (unpaired) electrons. The minimum absolute atomic E-state index is 0.0752. The Morgan fingerprint density at radius 2 is 1.59 bits per heavy atom. The van der Waals surface area contributed by atoms with E-state index in [4.69, 9.17) is 14.2 Å². The molecular weight excluding hydrogens is 432 g/mol. The Balaban J connectivity index is 1.59. The molecule has 0 spiro atoms. The Labute approximate surface area is 189 Å². The number of nitrogens with one attached hydrogen (secondary N) is 1. The quantitative estimate of drug-likeness (QED) is 0.648. The zero-order chi connectivity index (χ0) is 23.3. The Bertz CT molecular complexity index is 1030. The van der Waals surface area contributed by atoms with Crippen molar-refractivity contribution in [2.24, 2.45) is 5.92 Å². The number of carbonyl (C=O) groups excluding carboxylic acids is 1. The molecule has 2 aromatic carbocycles. The fourth-order valence-electron chi connectivity index (χ4n) is 3.79. The van der Waals surface area contributed by atoms with Gasteiger partial charge in [-0.05, 0) is 61.7 Å². The number of nitrogens with zero attached hydrogens (tertiary/aromatic N) is 1. The average molecular weight is 463 g/mol. The van der Waals surface area contributed by atoms with Crippen LogP contribution in [-0.2, 0) is 14.8 Å². The Morgan fingerprint density at radius 1 is 0.969 bits per heavy atom. The number of rotatable bonds is 8. The first kappa shape index (κ1) is 23.9. The van der Waals surface area contributed by atoms with Crippen LogP contribution in [0, 0.1) is 5.92 Å².